The van der Waals surface area contributed by atoms with Crippen LogP contribution >= 0.6 is 0 Å². The van der Waals surface area contributed by atoms with Crippen LogP contribution in [0.3, 0.4) is 0 Å². The Morgan fingerprint density at radius 3 is 2.82 bits per heavy atom. The molecule has 0 radical (unpaired) electrons. The number of carboxylic acid groups (broad SMARTS) is 1. The molecule has 1 atom stereocenters. The molecule has 0 aliphatic heterocycles. The van der Waals surface area contributed by atoms with E-state index in [4.69, 9.17) is 10.8 Å². The lowest BCUT2D eigenvalue weighted by Gasteiger charge is -2.16. The number of hydrogen-bond acceptors (Lipinski definition) is 3. The molecular weight excluding hydrogens is 218 g/mol. The van der Waals surface area contributed by atoms with Crippen molar-refractivity contribution in [3.8, 4) is 0 Å². The summed E-state index contributed by atoms with van der Waals surface area (Å²) in [5.74, 6) is -0.717. The van der Waals surface area contributed by atoms with E-state index in [2.05, 4.69) is 0 Å². The number of ketones is 1. The molecule has 0 aromatic heterocycles. The fourth-order valence-electron chi connectivity index (χ4n) is 2.13. The number of nitrogens with two attached hydrogens (primary N) is 1. The van der Waals surface area contributed by atoms with Gasteiger partial charge in [0.1, 0.15) is 11.8 Å². The average Bonchev–Trinajstić information content (AvgIpc) is 2.29. The highest BCUT2D eigenvalue weighted by Gasteiger charge is 2.17. The minimum atomic E-state index is -0.988. The number of carbonyl (C=O) groups is 2. The van der Waals surface area contributed by atoms with Gasteiger partial charge in [-0.1, -0.05) is 18.2 Å². The monoisotopic (exact) mass is 233 g/mol. The van der Waals surface area contributed by atoms with Crippen molar-refractivity contribution in [2.24, 2.45) is 5.73 Å². The Kier molecular flexibility index (Phi) is 3.24. The molecule has 0 saturated heterocycles. The molecule has 1 aromatic rings. The van der Waals surface area contributed by atoms with Gasteiger partial charge < -0.3 is 10.8 Å². The van der Waals surface area contributed by atoms with Crippen LogP contribution in [0, 0.1) is 0 Å². The molecule has 0 bridgehead atoms. The standard InChI is InChI=1S/C13H15NO3/c14-12(13(16)17)6-8-1-2-10-7-11(15)4-3-9(10)5-8/h1-2,5,12H,3-4,6-7,14H2,(H,16,17). The van der Waals surface area contributed by atoms with Crippen LogP contribution < -0.4 is 5.73 Å². The van der Waals surface area contributed by atoms with Gasteiger partial charge in [0, 0.05) is 12.8 Å². The quantitative estimate of drug-likeness (QED) is 0.805. The fraction of sp³-hybridized carbons (Fsp3) is 0.385. The number of aliphatic carboxylic acids is 1. The van der Waals surface area contributed by atoms with Gasteiger partial charge >= 0.3 is 5.97 Å². The summed E-state index contributed by atoms with van der Waals surface area (Å²) < 4.78 is 0. The van der Waals surface area contributed by atoms with Crippen molar-refractivity contribution >= 4 is 11.8 Å². The first-order chi connectivity index (χ1) is 8.06. The van der Waals surface area contributed by atoms with Gasteiger partial charge in [-0.15, -0.1) is 0 Å². The summed E-state index contributed by atoms with van der Waals surface area (Å²) in [5, 5.41) is 8.75. The van der Waals surface area contributed by atoms with Crippen LogP contribution in [0.1, 0.15) is 23.1 Å². The van der Waals surface area contributed by atoms with Crippen molar-refractivity contribution in [3.63, 3.8) is 0 Å². The molecule has 1 aromatic carbocycles. The van der Waals surface area contributed by atoms with Gasteiger partial charge in [0.15, 0.2) is 0 Å². The Hall–Kier alpha value is -1.68. The van der Waals surface area contributed by atoms with Crippen LogP contribution in [0.25, 0.3) is 0 Å². The topological polar surface area (TPSA) is 80.4 Å². The second kappa shape index (κ2) is 4.67. The zero-order chi connectivity index (χ0) is 12.4. The van der Waals surface area contributed by atoms with Crippen LogP contribution in [0.15, 0.2) is 18.2 Å². The number of Topliss-reactive ketones (excluding diaryl/α,β-unsaturated/α-hetero) is 1. The molecule has 1 aliphatic rings. The van der Waals surface area contributed by atoms with E-state index in [1.54, 1.807) is 0 Å². The van der Waals surface area contributed by atoms with Gasteiger partial charge in [0.25, 0.3) is 0 Å². The first kappa shape index (κ1) is 11.8. The lowest BCUT2D eigenvalue weighted by Crippen LogP contribution is -2.32. The Bertz CT molecular complexity index is 468. The van der Waals surface area contributed by atoms with E-state index in [9.17, 15) is 9.59 Å². The molecule has 0 spiro atoms. The molecular formula is C13H15NO3. The van der Waals surface area contributed by atoms with Crippen LogP contribution in [0.2, 0.25) is 0 Å². The van der Waals surface area contributed by atoms with Crippen LogP contribution in [0.5, 0.6) is 0 Å². The predicted molar refractivity (Wildman–Crippen MR) is 62.8 cm³/mol. The number of hydrogen-bond donors (Lipinski definition) is 2. The van der Waals surface area contributed by atoms with Crippen molar-refractivity contribution in [2.45, 2.75) is 31.7 Å². The minimum Gasteiger partial charge on any atom is -0.480 e. The van der Waals surface area contributed by atoms with E-state index in [0.29, 0.717) is 19.3 Å². The summed E-state index contributed by atoms with van der Waals surface area (Å²) in [7, 11) is 0. The summed E-state index contributed by atoms with van der Waals surface area (Å²) in [5.41, 5.74) is 8.63. The molecule has 17 heavy (non-hydrogen) atoms. The number of carboxylic acids is 1. The van der Waals surface area contributed by atoms with Gasteiger partial charge in [-0.2, -0.15) is 0 Å². The van der Waals surface area contributed by atoms with Crippen molar-refractivity contribution < 1.29 is 14.7 Å². The lowest BCUT2D eigenvalue weighted by molar-refractivity contribution is -0.138. The third-order valence-electron chi connectivity index (χ3n) is 3.10. The maximum Gasteiger partial charge on any atom is 0.320 e. The third kappa shape index (κ3) is 2.71. The summed E-state index contributed by atoms with van der Waals surface area (Å²) in [6, 6.07) is 4.89. The maximum absolute atomic E-state index is 11.3. The molecule has 0 heterocycles. The summed E-state index contributed by atoms with van der Waals surface area (Å²) >= 11 is 0. The SMILES string of the molecule is NC(Cc1ccc2c(c1)CCC(=O)C2)C(=O)O. The molecule has 1 aliphatic carbocycles. The van der Waals surface area contributed by atoms with Crippen molar-refractivity contribution in [1.29, 1.82) is 0 Å². The Labute approximate surface area is 99.4 Å². The summed E-state index contributed by atoms with van der Waals surface area (Å²) in [6.45, 7) is 0. The first-order valence-electron chi connectivity index (χ1n) is 5.67. The minimum absolute atomic E-state index is 0.271. The second-order valence-electron chi connectivity index (χ2n) is 4.47. The summed E-state index contributed by atoms with van der Waals surface area (Å²) in [6.07, 6.45) is 2.17. The molecule has 4 heteroatoms. The second-order valence-corrected chi connectivity index (χ2v) is 4.47. The third-order valence-corrected chi connectivity index (χ3v) is 3.10. The zero-order valence-electron chi connectivity index (χ0n) is 9.48. The van der Waals surface area contributed by atoms with E-state index >= 15 is 0 Å². The van der Waals surface area contributed by atoms with Gasteiger partial charge in [-0.25, -0.2) is 0 Å². The Morgan fingerprint density at radius 2 is 2.12 bits per heavy atom. The van der Waals surface area contributed by atoms with E-state index in [1.165, 1.54) is 0 Å². The van der Waals surface area contributed by atoms with Crippen molar-refractivity contribution in [2.75, 3.05) is 0 Å². The molecule has 0 fully saturated rings. The fourth-order valence-corrected chi connectivity index (χ4v) is 2.13. The van der Waals surface area contributed by atoms with E-state index in [0.717, 1.165) is 23.1 Å². The highest BCUT2D eigenvalue weighted by Crippen LogP contribution is 2.21. The smallest absolute Gasteiger partial charge is 0.320 e. The largest absolute Gasteiger partial charge is 0.480 e. The number of benzene rings is 1. The number of carbonyl (C=O) groups excluding carboxylic acids is 1. The molecule has 3 N–H and O–H groups in total. The number of rotatable bonds is 3. The lowest BCUT2D eigenvalue weighted by atomic mass is 9.88. The van der Waals surface area contributed by atoms with Crippen molar-refractivity contribution in [3.05, 3.63) is 34.9 Å². The number of aryl methyl sites for hydroxylation is 1. The Balaban J connectivity index is 2.16. The van der Waals surface area contributed by atoms with Crippen LogP contribution in [-0.4, -0.2) is 22.9 Å². The van der Waals surface area contributed by atoms with E-state index in [-0.39, 0.29) is 5.78 Å². The summed E-state index contributed by atoms with van der Waals surface area (Å²) in [4.78, 5) is 21.9. The van der Waals surface area contributed by atoms with Crippen LogP contribution in [-0.2, 0) is 28.9 Å². The molecule has 4 nitrogen and oxygen atoms in total. The van der Waals surface area contributed by atoms with Crippen molar-refractivity contribution in [1.82, 2.24) is 0 Å². The van der Waals surface area contributed by atoms with Gasteiger partial charge in [0.2, 0.25) is 0 Å². The zero-order valence-corrected chi connectivity index (χ0v) is 9.48. The van der Waals surface area contributed by atoms with E-state index in [1.807, 2.05) is 18.2 Å². The molecule has 0 saturated carbocycles. The highest BCUT2D eigenvalue weighted by atomic mass is 16.4. The van der Waals surface area contributed by atoms with Gasteiger partial charge in [-0.05, 0) is 29.5 Å². The van der Waals surface area contributed by atoms with Gasteiger partial charge in [-0.3, -0.25) is 9.59 Å². The van der Waals surface area contributed by atoms with Crippen LogP contribution in [0.4, 0.5) is 0 Å². The number of fused-ring (bicyclic) bond motifs is 1. The highest BCUT2D eigenvalue weighted by molar-refractivity contribution is 5.83. The average molecular weight is 233 g/mol. The molecule has 90 valence electrons. The molecule has 2 rings (SSSR count). The van der Waals surface area contributed by atoms with Gasteiger partial charge in [0.05, 0.1) is 0 Å². The predicted octanol–water partition coefficient (Wildman–Crippen LogP) is 0.699. The van der Waals surface area contributed by atoms with E-state index < -0.39 is 12.0 Å². The first-order valence-corrected chi connectivity index (χ1v) is 5.67. The maximum atomic E-state index is 11.3. The molecule has 1 unspecified atom stereocenters. The normalized spacial score (nSPS) is 16.4. The Morgan fingerprint density at radius 1 is 1.35 bits per heavy atom. The molecule has 0 amide bonds.